The van der Waals surface area contributed by atoms with E-state index in [1.807, 2.05) is 50.6 Å². The lowest BCUT2D eigenvalue weighted by atomic mass is 10.0. The molecular weight excluding hydrogens is 440 g/mol. The van der Waals surface area contributed by atoms with Gasteiger partial charge in [0.1, 0.15) is 11.6 Å². The van der Waals surface area contributed by atoms with E-state index in [-0.39, 0.29) is 24.3 Å². The summed E-state index contributed by atoms with van der Waals surface area (Å²) in [6.45, 7) is 6.37. The number of nitrogens with zero attached hydrogens (tertiary/aromatic N) is 2. The van der Waals surface area contributed by atoms with Crippen LogP contribution in [0.3, 0.4) is 0 Å². The molecule has 0 aliphatic carbocycles. The molecule has 0 unspecified atom stereocenters. The van der Waals surface area contributed by atoms with Gasteiger partial charge in [0.2, 0.25) is 5.91 Å². The van der Waals surface area contributed by atoms with Crippen LogP contribution in [0.25, 0.3) is 11.0 Å². The van der Waals surface area contributed by atoms with Crippen molar-refractivity contribution in [3.8, 4) is 5.75 Å². The molecule has 3 aromatic rings. The molecule has 33 heavy (non-hydrogen) atoms. The van der Waals surface area contributed by atoms with E-state index in [0.29, 0.717) is 29.4 Å². The molecule has 0 radical (unpaired) electrons. The summed E-state index contributed by atoms with van der Waals surface area (Å²) >= 11 is 6.02. The monoisotopic (exact) mass is 470 g/mol. The van der Waals surface area contributed by atoms with E-state index in [0.717, 1.165) is 35.3 Å². The summed E-state index contributed by atoms with van der Waals surface area (Å²) in [7, 11) is 1.95. The Kier molecular flexibility index (Phi) is 8.33. The lowest BCUT2D eigenvalue weighted by molar-refractivity contribution is -0.125. The number of benzene rings is 2. The molecule has 2 aromatic carbocycles. The number of halogens is 1. The third-order valence-electron chi connectivity index (χ3n) is 5.76. The fourth-order valence-corrected chi connectivity index (χ4v) is 3.82. The van der Waals surface area contributed by atoms with Gasteiger partial charge in [0.05, 0.1) is 11.0 Å². The molecule has 0 spiro atoms. The first-order valence-electron chi connectivity index (χ1n) is 11.2. The fourth-order valence-electron chi connectivity index (χ4n) is 3.71. The Morgan fingerprint density at radius 1 is 1.15 bits per heavy atom. The van der Waals surface area contributed by atoms with E-state index < -0.39 is 0 Å². The number of imidazole rings is 1. The number of amides is 2. The van der Waals surface area contributed by atoms with Gasteiger partial charge in [0.25, 0.3) is 5.91 Å². The lowest BCUT2D eigenvalue weighted by Gasteiger charge is -2.12. The first-order chi connectivity index (χ1) is 15.8. The van der Waals surface area contributed by atoms with Gasteiger partial charge in [-0.05, 0) is 61.7 Å². The van der Waals surface area contributed by atoms with Crippen LogP contribution in [-0.4, -0.2) is 34.5 Å². The molecule has 2 N–H and O–H groups in total. The maximum absolute atomic E-state index is 12.3. The van der Waals surface area contributed by atoms with E-state index >= 15 is 0 Å². The second-order valence-electron chi connectivity index (χ2n) is 8.09. The first-order valence-corrected chi connectivity index (χ1v) is 11.6. The van der Waals surface area contributed by atoms with Crippen LogP contribution in [0.15, 0.2) is 36.4 Å². The molecule has 176 valence electrons. The quantitative estimate of drug-likeness (QED) is 0.451. The van der Waals surface area contributed by atoms with Crippen molar-refractivity contribution >= 4 is 40.1 Å². The number of carbonyl (C=O) groups is 2. The number of hydrogen-bond donors (Lipinski definition) is 2. The average molecular weight is 471 g/mol. The summed E-state index contributed by atoms with van der Waals surface area (Å²) < 4.78 is 7.57. The van der Waals surface area contributed by atoms with Crippen molar-refractivity contribution in [2.45, 2.75) is 40.0 Å². The molecule has 3 rings (SSSR count). The van der Waals surface area contributed by atoms with Crippen molar-refractivity contribution in [1.29, 1.82) is 0 Å². The van der Waals surface area contributed by atoms with Crippen molar-refractivity contribution in [2.24, 2.45) is 13.0 Å². The molecule has 0 saturated carbocycles. The normalized spacial score (nSPS) is 11.1. The summed E-state index contributed by atoms with van der Waals surface area (Å²) in [5, 5.41) is 6.51. The van der Waals surface area contributed by atoms with Gasteiger partial charge in [-0.3, -0.25) is 9.59 Å². The number of carbonyl (C=O) groups excluding carboxylic acids is 2. The molecule has 0 saturated heterocycles. The number of anilines is 1. The molecule has 0 aliphatic heterocycles. The standard InChI is InChI=1S/C25H31ClN4O3/c1-5-17(6-2)25(32)27-12-11-23-29-21-14-18(7-10-22(21)30(23)4)28-24(31)15-33-19-8-9-20(26)16(3)13-19/h7-10,13-14,17H,5-6,11-12,15H2,1-4H3,(H,27,32)(H,28,31). The second kappa shape index (κ2) is 11.2. The van der Waals surface area contributed by atoms with Crippen molar-refractivity contribution in [2.75, 3.05) is 18.5 Å². The van der Waals surface area contributed by atoms with Crippen molar-refractivity contribution < 1.29 is 14.3 Å². The third-order valence-corrected chi connectivity index (χ3v) is 6.18. The zero-order valence-corrected chi connectivity index (χ0v) is 20.3. The molecular formula is C25H31ClN4O3. The zero-order valence-electron chi connectivity index (χ0n) is 19.6. The molecule has 8 heteroatoms. The topological polar surface area (TPSA) is 85.2 Å². The number of hydrogen-bond acceptors (Lipinski definition) is 4. The third kappa shape index (κ3) is 6.26. The van der Waals surface area contributed by atoms with E-state index in [9.17, 15) is 9.59 Å². The number of fused-ring (bicyclic) bond motifs is 1. The van der Waals surface area contributed by atoms with Crippen LogP contribution in [0, 0.1) is 12.8 Å². The SMILES string of the molecule is CCC(CC)C(=O)NCCc1nc2cc(NC(=O)COc3ccc(Cl)c(C)c3)ccc2n1C. The van der Waals surface area contributed by atoms with Gasteiger partial charge in [0.15, 0.2) is 6.61 Å². The molecule has 2 amide bonds. The fraction of sp³-hybridized carbons (Fsp3) is 0.400. The number of aryl methyl sites for hydroxylation is 2. The van der Waals surface area contributed by atoms with Crippen molar-refractivity contribution in [1.82, 2.24) is 14.9 Å². The number of nitrogens with one attached hydrogen (secondary N) is 2. The van der Waals surface area contributed by atoms with Crippen LogP contribution < -0.4 is 15.4 Å². The van der Waals surface area contributed by atoms with Gasteiger partial charge in [-0.25, -0.2) is 4.98 Å². The summed E-state index contributed by atoms with van der Waals surface area (Å²) in [5.41, 5.74) is 3.28. The van der Waals surface area contributed by atoms with Gasteiger partial charge in [0, 0.05) is 36.6 Å². The van der Waals surface area contributed by atoms with Crippen LogP contribution >= 0.6 is 11.6 Å². The van der Waals surface area contributed by atoms with Crippen LogP contribution in [-0.2, 0) is 23.1 Å². The molecule has 7 nitrogen and oxygen atoms in total. The first kappa shape index (κ1) is 24.6. The van der Waals surface area contributed by atoms with Crippen molar-refractivity contribution in [3.05, 3.63) is 52.8 Å². The van der Waals surface area contributed by atoms with Gasteiger partial charge < -0.3 is 19.9 Å². The zero-order chi connectivity index (χ0) is 24.0. The van der Waals surface area contributed by atoms with Gasteiger partial charge in [-0.15, -0.1) is 0 Å². The highest BCUT2D eigenvalue weighted by atomic mass is 35.5. The maximum atomic E-state index is 12.3. The smallest absolute Gasteiger partial charge is 0.262 e. The van der Waals surface area contributed by atoms with Crippen LogP contribution in [0.2, 0.25) is 5.02 Å². The Morgan fingerprint density at radius 2 is 1.91 bits per heavy atom. The highest BCUT2D eigenvalue weighted by molar-refractivity contribution is 6.31. The Labute approximate surface area is 199 Å². The van der Waals surface area contributed by atoms with Crippen LogP contribution in [0.1, 0.15) is 38.1 Å². The Morgan fingerprint density at radius 3 is 2.61 bits per heavy atom. The number of rotatable bonds is 10. The maximum Gasteiger partial charge on any atom is 0.262 e. The number of ether oxygens (including phenoxy) is 1. The summed E-state index contributed by atoms with van der Waals surface area (Å²) in [5.74, 6) is 1.36. The summed E-state index contributed by atoms with van der Waals surface area (Å²) in [6.07, 6.45) is 2.31. The highest BCUT2D eigenvalue weighted by Gasteiger charge is 2.14. The number of aromatic nitrogens is 2. The lowest BCUT2D eigenvalue weighted by Crippen LogP contribution is -2.32. The van der Waals surface area contributed by atoms with E-state index in [4.69, 9.17) is 21.3 Å². The Hall–Kier alpha value is -3.06. The van der Waals surface area contributed by atoms with Crippen molar-refractivity contribution in [3.63, 3.8) is 0 Å². The minimum Gasteiger partial charge on any atom is -0.484 e. The van der Waals surface area contributed by atoms with Crippen LogP contribution in [0.4, 0.5) is 5.69 Å². The molecule has 0 bridgehead atoms. The van der Waals surface area contributed by atoms with E-state index in [2.05, 4.69) is 10.6 Å². The minimum atomic E-state index is -0.262. The van der Waals surface area contributed by atoms with Gasteiger partial charge in [-0.1, -0.05) is 25.4 Å². The minimum absolute atomic E-state index is 0.0595. The Balaban J connectivity index is 1.58. The summed E-state index contributed by atoms with van der Waals surface area (Å²) in [6, 6.07) is 10.9. The second-order valence-corrected chi connectivity index (χ2v) is 8.50. The molecule has 0 aliphatic rings. The van der Waals surface area contributed by atoms with Gasteiger partial charge >= 0.3 is 0 Å². The van der Waals surface area contributed by atoms with E-state index in [1.165, 1.54) is 0 Å². The van der Waals surface area contributed by atoms with E-state index in [1.54, 1.807) is 18.2 Å². The predicted molar refractivity (Wildman–Crippen MR) is 132 cm³/mol. The Bertz CT molecular complexity index is 1140. The predicted octanol–water partition coefficient (Wildman–Crippen LogP) is 4.65. The molecule has 0 fully saturated rings. The molecule has 1 heterocycles. The molecule has 0 atom stereocenters. The van der Waals surface area contributed by atoms with Crippen LogP contribution in [0.5, 0.6) is 5.75 Å². The largest absolute Gasteiger partial charge is 0.484 e. The van der Waals surface area contributed by atoms with Gasteiger partial charge in [-0.2, -0.15) is 0 Å². The molecule has 1 aromatic heterocycles. The summed E-state index contributed by atoms with van der Waals surface area (Å²) in [4.78, 5) is 29.2. The average Bonchev–Trinajstić information content (AvgIpc) is 3.10. The highest BCUT2D eigenvalue weighted by Crippen LogP contribution is 2.22.